The van der Waals surface area contributed by atoms with Gasteiger partial charge in [-0.2, -0.15) is 0 Å². The number of anilines is 1. The monoisotopic (exact) mass is 290 g/mol. The van der Waals surface area contributed by atoms with Crippen molar-refractivity contribution in [2.75, 3.05) is 11.4 Å². The van der Waals surface area contributed by atoms with Gasteiger partial charge >= 0.3 is 0 Å². The Balaban J connectivity index is 2.30. The van der Waals surface area contributed by atoms with Crippen LogP contribution in [0.15, 0.2) is 18.3 Å². The second-order valence-electron chi connectivity index (χ2n) is 5.49. The van der Waals surface area contributed by atoms with Gasteiger partial charge < -0.3 is 10.2 Å². The number of nitrogens with zero attached hydrogens (tertiary/aromatic N) is 2. The summed E-state index contributed by atoms with van der Waals surface area (Å²) in [6.07, 6.45) is 2.32. The Morgan fingerprint density at radius 1 is 1.48 bits per heavy atom. The molecule has 1 fully saturated rings. The number of rotatable bonds is 5. The third kappa shape index (κ3) is 3.58. The maximum absolute atomic E-state index is 12.0. The highest BCUT2D eigenvalue weighted by Gasteiger charge is 2.34. The topological polar surface area (TPSA) is 74.3 Å². The van der Waals surface area contributed by atoms with Gasteiger partial charge in [-0.1, -0.05) is 26.8 Å². The number of carbonyl (C=O) groups excluding carboxylic acids is 2. The van der Waals surface area contributed by atoms with E-state index in [9.17, 15) is 9.59 Å². The molecule has 21 heavy (non-hydrogen) atoms. The van der Waals surface area contributed by atoms with E-state index in [0.29, 0.717) is 24.8 Å². The third-order valence-corrected chi connectivity index (χ3v) is 3.48. The number of amides is 2. The molecule has 0 aliphatic carbocycles. The first-order chi connectivity index (χ1) is 10.0. The van der Waals surface area contributed by atoms with Gasteiger partial charge in [-0.25, -0.2) is 4.98 Å². The predicted octanol–water partition coefficient (Wildman–Crippen LogP) is 0.821. The zero-order chi connectivity index (χ0) is 15.4. The normalized spacial score (nSPS) is 19.0. The van der Waals surface area contributed by atoms with Crippen LogP contribution in [0.2, 0.25) is 0 Å². The molecule has 2 heterocycles. The van der Waals surface area contributed by atoms with Crippen molar-refractivity contribution in [3.63, 3.8) is 0 Å². The minimum Gasteiger partial charge on any atom is -0.335 e. The first-order valence-corrected chi connectivity index (χ1v) is 7.30. The van der Waals surface area contributed by atoms with E-state index in [2.05, 4.69) is 29.5 Å². The summed E-state index contributed by atoms with van der Waals surface area (Å²) < 4.78 is 0. The summed E-state index contributed by atoms with van der Waals surface area (Å²) >= 11 is 0. The van der Waals surface area contributed by atoms with Crippen LogP contribution in [-0.4, -0.2) is 35.4 Å². The molecule has 2 N–H and O–H groups in total. The molecule has 0 bridgehead atoms. The van der Waals surface area contributed by atoms with E-state index >= 15 is 0 Å². The molecule has 0 radical (unpaired) electrons. The lowest BCUT2D eigenvalue weighted by Crippen LogP contribution is -2.58. The van der Waals surface area contributed by atoms with Crippen molar-refractivity contribution in [3.8, 4) is 0 Å². The molecule has 2 rings (SSSR count). The molecule has 0 aromatic carbocycles. The summed E-state index contributed by atoms with van der Waals surface area (Å²) in [5.41, 5.74) is 0.993. The van der Waals surface area contributed by atoms with Crippen LogP contribution in [0, 0.1) is 0 Å². The molecule has 1 unspecified atom stereocenters. The van der Waals surface area contributed by atoms with Gasteiger partial charge in [0.25, 0.3) is 0 Å². The van der Waals surface area contributed by atoms with Crippen molar-refractivity contribution in [3.05, 3.63) is 23.9 Å². The van der Waals surface area contributed by atoms with Crippen molar-refractivity contribution in [1.29, 1.82) is 0 Å². The van der Waals surface area contributed by atoms with E-state index in [-0.39, 0.29) is 24.4 Å². The molecule has 1 saturated heterocycles. The molecular weight excluding hydrogens is 268 g/mol. The number of hydrogen-bond donors (Lipinski definition) is 2. The Morgan fingerprint density at radius 2 is 2.24 bits per heavy atom. The molecule has 0 saturated carbocycles. The summed E-state index contributed by atoms with van der Waals surface area (Å²) in [4.78, 5) is 29.9. The molecule has 0 spiro atoms. The smallest absolute Gasteiger partial charge is 0.249 e. The van der Waals surface area contributed by atoms with Crippen LogP contribution in [0.5, 0.6) is 0 Å². The molecule has 114 valence electrons. The van der Waals surface area contributed by atoms with Crippen LogP contribution in [0.4, 0.5) is 5.82 Å². The van der Waals surface area contributed by atoms with Gasteiger partial charge in [-0.05, 0) is 12.5 Å². The number of piperazine rings is 1. The van der Waals surface area contributed by atoms with E-state index in [4.69, 9.17) is 0 Å². The van der Waals surface area contributed by atoms with Gasteiger partial charge in [0.1, 0.15) is 11.9 Å². The van der Waals surface area contributed by atoms with E-state index in [1.807, 2.05) is 19.1 Å². The highest BCUT2D eigenvalue weighted by atomic mass is 16.2. The minimum absolute atomic E-state index is 0.163. The SMILES string of the molecule is CCC1C(=O)NC(=O)CN1c1ncccc1CNC(C)C. The fourth-order valence-corrected chi connectivity index (χ4v) is 2.44. The van der Waals surface area contributed by atoms with Gasteiger partial charge in [-0.15, -0.1) is 0 Å². The lowest BCUT2D eigenvalue weighted by Gasteiger charge is -2.35. The van der Waals surface area contributed by atoms with E-state index in [1.54, 1.807) is 11.1 Å². The predicted molar refractivity (Wildman–Crippen MR) is 80.8 cm³/mol. The van der Waals surface area contributed by atoms with Gasteiger partial charge in [0.2, 0.25) is 11.8 Å². The maximum atomic E-state index is 12.0. The van der Waals surface area contributed by atoms with Crippen molar-refractivity contribution in [2.24, 2.45) is 0 Å². The van der Waals surface area contributed by atoms with E-state index < -0.39 is 0 Å². The second-order valence-corrected chi connectivity index (χ2v) is 5.49. The number of pyridine rings is 1. The average molecular weight is 290 g/mol. The molecule has 1 aliphatic rings. The highest BCUT2D eigenvalue weighted by Crippen LogP contribution is 2.22. The van der Waals surface area contributed by atoms with Gasteiger partial charge in [0.05, 0.1) is 6.54 Å². The summed E-state index contributed by atoms with van der Waals surface area (Å²) in [6.45, 7) is 6.90. The number of imide groups is 1. The average Bonchev–Trinajstić information content (AvgIpc) is 2.44. The quantitative estimate of drug-likeness (QED) is 0.785. The van der Waals surface area contributed by atoms with Crippen LogP contribution in [0.1, 0.15) is 32.8 Å². The van der Waals surface area contributed by atoms with Crippen molar-refractivity contribution < 1.29 is 9.59 Å². The Morgan fingerprint density at radius 3 is 2.90 bits per heavy atom. The Labute approximate surface area is 124 Å². The zero-order valence-electron chi connectivity index (χ0n) is 12.7. The largest absolute Gasteiger partial charge is 0.335 e. The first kappa shape index (κ1) is 15.4. The molecule has 1 aromatic heterocycles. The fraction of sp³-hybridized carbons (Fsp3) is 0.533. The maximum Gasteiger partial charge on any atom is 0.249 e. The number of aromatic nitrogens is 1. The summed E-state index contributed by atoms with van der Waals surface area (Å²) in [5, 5.41) is 5.73. The Hall–Kier alpha value is -1.95. The van der Waals surface area contributed by atoms with Crippen molar-refractivity contribution >= 4 is 17.6 Å². The third-order valence-electron chi connectivity index (χ3n) is 3.48. The second kappa shape index (κ2) is 6.67. The van der Waals surface area contributed by atoms with Crippen molar-refractivity contribution in [2.45, 2.75) is 45.8 Å². The number of nitrogens with one attached hydrogen (secondary N) is 2. The van der Waals surface area contributed by atoms with Gasteiger partial charge in [0.15, 0.2) is 0 Å². The Kier molecular flexibility index (Phi) is 4.90. The zero-order valence-corrected chi connectivity index (χ0v) is 12.7. The van der Waals surface area contributed by atoms with E-state index in [1.165, 1.54) is 0 Å². The van der Waals surface area contributed by atoms with Crippen LogP contribution >= 0.6 is 0 Å². The van der Waals surface area contributed by atoms with Crippen molar-refractivity contribution in [1.82, 2.24) is 15.6 Å². The van der Waals surface area contributed by atoms with E-state index in [0.717, 1.165) is 5.56 Å². The molecule has 1 aromatic rings. The molecule has 1 aliphatic heterocycles. The van der Waals surface area contributed by atoms with Crippen LogP contribution < -0.4 is 15.5 Å². The molecular formula is C15H22N4O2. The molecule has 6 nitrogen and oxygen atoms in total. The first-order valence-electron chi connectivity index (χ1n) is 7.30. The van der Waals surface area contributed by atoms with Crippen LogP contribution in [0.3, 0.4) is 0 Å². The van der Waals surface area contributed by atoms with Gasteiger partial charge in [0, 0.05) is 24.3 Å². The molecule has 1 atom stereocenters. The van der Waals surface area contributed by atoms with Crippen LogP contribution in [-0.2, 0) is 16.1 Å². The lowest BCUT2D eigenvalue weighted by atomic mass is 10.1. The number of hydrogen-bond acceptors (Lipinski definition) is 5. The van der Waals surface area contributed by atoms with Crippen LogP contribution in [0.25, 0.3) is 0 Å². The Bertz CT molecular complexity index is 530. The highest BCUT2D eigenvalue weighted by molar-refractivity contribution is 6.04. The minimum atomic E-state index is -0.351. The summed E-state index contributed by atoms with van der Waals surface area (Å²) in [6, 6.07) is 3.84. The molecule has 2 amide bonds. The lowest BCUT2D eigenvalue weighted by molar-refractivity contribution is -0.132. The summed E-state index contributed by atoms with van der Waals surface area (Å²) in [7, 11) is 0. The number of carbonyl (C=O) groups is 2. The fourth-order valence-electron chi connectivity index (χ4n) is 2.44. The molecule has 6 heteroatoms. The standard InChI is InChI=1S/C15H22N4O2/c1-4-12-15(21)18-13(20)9-19(12)14-11(6-5-7-16-14)8-17-10(2)3/h5-7,10,12,17H,4,8-9H2,1-3H3,(H,18,20,21). The summed E-state index contributed by atoms with van der Waals surface area (Å²) in [5.74, 6) is 0.181. The van der Waals surface area contributed by atoms with Gasteiger partial charge in [-0.3, -0.25) is 14.9 Å².